The fourth-order valence-corrected chi connectivity index (χ4v) is 2.22. The number of nitrogens with two attached hydrogens (primary N) is 1. The predicted octanol–water partition coefficient (Wildman–Crippen LogP) is 1.00. The zero-order chi connectivity index (χ0) is 12.8. The van der Waals surface area contributed by atoms with Gasteiger partial charge in [-0.05, 0) is 25.7 Å². The van der Waals surface area contributed by atoms with E-state index in [1.807, 2.05) is 0 Å². The molecule has 100 valence electrons. The van der Waals surface area contributed by atoms with Gasteiger partial charge in [-0.25, -0.2) is 4.68 Å². The van der Waals surface area contributed by atoms with Crippen LogP contribution in [-0.4, -0.2) is 27.1 Å². The Kier molecular flexibility index (Phi) is 4.69. The first-order valence-corrected chi connectivity index (χ1v) is 6.56. The van der Waals surface area contributed by atoms with Crippen molar-refractivity contribution >= 4 is 5.97 Å². The number of nitrogens with zero attached hydrogens (tertiary/aromatic N) is 3. The van der Waals surface area contributed by atoms with Crippen molar-refractivity contribution in [3.8, 4) is 0 Å². The molecular weight excluding hydrogens is 232 g/mol. The molecule has 0 aliphatic heterocycles. The van der Waals surface area contributed by atoms with E-state index in [0.29, 0.717) is 12.2 Å². The Morgan fingerprint density at radius 2 is 2.11 bits per heavy atom. The van der Waals surface area contributed by atoms with Crippen molar-refractivity contribution in [3.63, 3.8) is 0 Å². The molecule has 1 fully saturated rings. The number of hydrogen-bond donors (Lipinski definition) is 1. The van der Waals surface area contributed by atoms with Crippen LogP contribution >= 0.6 is 0 Å². The van der Waals surface area contributed by atoms with Crippen molar-refractivity contribution in [3.05, 3.63) is 11.9 Å². The van der Waals surface area contributed by atoms with Gasteiger partial charge < -0.3 is 10.5 Å². The van der Waals surface area contributed by atoms with Crippen LogP contribution in [0, 0.1) is 0 Å². The van der Waals surface area contributed by atoms with Crippen molar-refractivity contribution in [1.29, 1.82) is 0 Å². The van der Waals surface area contributed by atoms with Gasteiger partial charge in [0.05, 0.1) is 11.9 Å². The first-order valence-electron chi connectivity index (χ1n) is 6.56. The molecule has 0 unspecified atom stereocenters. The first kappa shape index (κ1) is 13.0. The van der Waals surface area contributed by atoms with Gasteiger partial charge in [0.25, 0.3) is 0 Å². The van der Waals surface area contributed by atoms with Gasteiger partial charge >= 0.3 is 5.97 Å². The van der Waals surface area contributed by atoms with Gasteiger partial charge in [0.15, 0.2) is 0 Å². The van der Waals surface area contributed by atoms with Crippen LogP contribution in [-0.2, 0) is 22.6 Å². The summed E-state index contributed by atoms with van der Waals surface area (Å²) in [4.78, 5) is 11.7. The molecule has 1 saturated carbocycles. The van der Waals surface area contributed by atoms with Crippen LogP contribution in [0.1, 0.15) is 44.2 Å². The number of carbonyl (C=O) groups is 1. The lowest BCUT2D eigenvalue weighted by Gasteiger charge is -2.15. The van der Waals surface area contributed by atoms with Crippen LogP contribution in [0.5, 0.6) is 0 Å². The molecule has 6 heteroatoms. The van der Waals surface area contributed by atoms with E-state index in [0.717, 1.165) is 25.7 Å². The summed E-state index contributed by atoms with van der Waals surface area (Å²) in [6.07, 6.45) is 8.52. The molecule has 0 spiro atoms. The number of ether oxygens (including phenoxy) is 1. The predicted molar refractivity (Wildman–Crippen MR) is 65.5 cm³/mol. The smallest absolute Gasteiger partial charge is 0.328 e. The second-order valence-corrected chi connectivity index (χ2v) is 4.72. The minimum atomic E-state index is -0.240. The summed E-state index contributed by atoms with van der Waals surface area (Å²) >= 11 is 0. The molecule has 0 bridgehead atoms. The summed E-state index contributed by atoms with van der Waals surface area (Å²) in [5.41, 5.74) is 6.11. The summed E-state index contributed by atoms with van der Waals surface area (Å²) in [7, 11) is 0. The summed E-state index contributed by atoms with van der Waals surface area (Å²) < 4.78 is 6.93. The largest absolute Gasteiger partial charge is 0.461 e. The third-order valence-corrected chi connectivity index (χ3v) is 3.19. The van der Waals surface area contributed by atoms with Crippen molar-refractivity contribution in [2.45, 2.75) is 57.7 Å². The van der Waals surface area contributed by atoms with E-state index in [4.69, 9.17) is 10.5 Å². The molecule has 1 aliphatic rings. The molecule has 0 radical (unpaired) electrons. The van der Waals surface area contributed by atoms with E-state index in [9.17, 15) is 4.79 Å². The third-order valence-electron chi connectivity index (χ3n) is 3.19. The highest BCUT2D eigenvalue weighted by atomic mass is 16.5. The zero-order valence-electron chi connectivity index (χ0n) is 10.5. The number of hydrogen-bond acceptors (Lipinski definition) is 5. The highest BCUT2D eigenvalue weighted by Crippen LogP contribution is 2.19. The minimum absolute atomic E-state index is 0.0810. The van der Waals surface area contributed by atoms with Crippen LogP contribution < -0.4 is 5.73 Å². The normalized spacial score (nSPS) is 17.4. The monoisotopic (exact) mass is 252 g/mol. The van der Waals surface area contributed by atoms with E-state index >= 15 is 0 Å². The standard InChI is InChI=1S/C12H20N4O2/c13-7-10-8-16(15-14-10)9-12(17)18-11-5-3-1-2-4-6-11/h8,11H,1-7,9,13H2. The number of carbonyl (C=O) groups excluding carboxylic acids is 1. The Morgan fingerprint density at radius 1 is 1.39 bits per heavy atom. The Labute approximate surface area is 106 Å². The third kappa shape index (κ3) is 3.80. The van der Waals surface area contributed by atoms with E-state index < -0.39 is 0 Å². The average Bonchev–Trinajstić information content (AvgIpc) is 2.65. The highest BCUT2D eigenvalue weighted by molar-refractivity contribution is 5.69. The van der Waals surface area contributed by atoms with E-state index in [2.05, 4.69) is 10.3 Å². The van der Waals surface area contributed by atoms with Crippen LogP contribution in [0.3, 0.4) is 0 Å². The van der Waals surface area contributed by atoms with Crippen LogP contribution in [0.4, 0.5) is 0 Å². The molecule has 0 amide bonds. The summed E-state index contributed by atoms with van der Waals surface area (Å²) in [6.45, 7) is 0.446. The van der Waals surface area contributed by atoms with E-state index in [-0.39, 0.29) is 18.6 Å². The Balaban J connectivity index is 1.80. The SMILES string of the molecule is NCc1cn(CC(=O)OC2CCCCCC2)nn1. The molecule has 1 heterocycles. The molecule has 0 aromatic carbocycles. The van der Waals surface area contributed by atoms with Gasteiger partial charge in [-0.3, -0.25) is 4.79 Å². The van der Waals surface area contributed by atoms with E-state index in [1.165, 1.54) is 17.5 Å². The lowest BCUT2D eigenvalue weighted by Crippen LogP contribution is -2.21. The second kappa shape index (κ2) is 6.49. The van der Waals surface area contributed by atoms with Gasteiger partial charge in [-0.15, -0.1) is 5.10 Å². The highest BCUT2D eigenvalue weighted by Gasteiger charge is 2.17. The van der Waals surface area contributed by atoms with Crippen LogP contribution in [0.15, 0.2) is 6.20 Å². The van der Waals surface area contributed by atoms with Crippen molar-refractivity contribution in [2.24, 2.45) is 5.73 Å². The van der Waals surface area contributed by atoms with Gasteiger partial charge in [-0.2, -0.15) is 0 Å². The Morgan fingerprint density at radius 3 is 2.72 bits per heavy atom. The van der Waals surface area contributed by atoms with Crippen molar-refractivity contribution < 1.29 is 9.53 Å². The first-order chi connectivity index (χ1) is 8.78. The summed E-state index contributed by atoms with van der Waals surface area (Å²) in [5, 5.41) is 7.65. The molecule has 1 aromatic rings. The summed E-state index contributed by atoms with van der Waals surface area (Å²) in [6, 6.07) is 0. The minimum Gasteiger partial charge on any atom is -0.461 e. The van der Waals surface area contributed by atoms with E-state index in [1.54, 1.807) is 6.20 Å². The lowest BCUT2D eigenvalue weighted by molar-refractivity contribution is -0.150. The maximum absolute atomic E-state index is 11.7. The Bertz CT molecular complexity index is 383. The number of rotatable bonds is 4. The molecule has 2 N–H and O–H groups in total. The van der Waals surface area contributed by atoms with Gasteiger partial charge in [0.1, 0.15) is 12.6 Å². The van der Waals surface area contributed by atoms with Crippen molar-refractivity contribution in [1.82, 2.24) is 15.0 Å². The van der Waals surface area contributed by atoms with Crippen molar-refractivity contribution in [2.75, 3.05) is 0 Å². The quantitative estimate of drug-likeness (QED) is 0.638. The van der Waals surface area contributed by atoms with Gasteiger partial charge in [-0.1, -0.05) is 18.1 Å². The average molecular weight is 252 g/mol. The number of esters is 1. The fourth-order valence-electron chi connectivity index (χ4n) is 2.22. The maximum atomic E-state index is 11.7. The summed E-state index contributed by atoms with van der Waals surface area (Å²) in [5.74, 6) is -0.240. The van der Waals surface area contributed by atoms with Crippen LogP contribution in [0.25, 0.3) is 0 Å². The zero-order valence-corrected chi connectivity index (χ0v) is 10.5. The number of aromatic nitrogens is 3. The molecular formula is C12H20N4O2. The lowest BCUT2D eigenvalue weighted by atomic mass is 10.1. The maximum Gasteiger partial charge on any atom is 0.328 e. The van der Waals surface area contributed by atoms with Gasteiger partial charge in [0, 0.05) is 6.54 Å². The fraction of sp³-hybridized carbons (Fsp3) is 0.750. The van der Waals surface area contributed by atoms with Crippen LogP contribution in [0.2, 0.25) is 0 Å². The molecule has 0 atom stereocenters. The Hall–Kier alpha value is -1.43. The second-order valence-electron chi connectivity index (χ2n) is 4.72. The molecule has 1 aromatic heterocycles. The molecule has 1 aliphatic carbocycles. The van der Waals surface area contributed by atoms with Gasteiger partial charge in [0.2, 0.25) is 0 Å². The topological polar surface area (TPSA) is 83.0 Å². The molecule has 0 saturated heterocycles. The molecule has 2 rings (SSSR count). The molecule has 6 nitrogen and oxygen atoms in total. The molecule has 18 heavy (non-hydrogen) atoms.